The first-order chi connectivity index (χ1) is 13.0. The number of carbonyl (C=O) groups excluding carboxylic acids is 2. The molecule has 0 fully saturated rings. The number of anilines is 1. The van der Waals surface area contributed by atoms with Gasteiger partial charge in [0.15, 0.2) is 0 Å². The molecule has 27 heavy (non-hydrogen) atoms. The number of hydrogen-bond donors (Lipinski definition) is 2. The van der Waals surface area contributed by atoms with Crippen molar-refractivity contribution < 1.29 is 9.59 Å². The predicted molar refractivity (Wildman–Crippen MR) is 103 cm³/mol. The van der Waals surface area contributed by atoms with Crippen LogP contribution >= 0.6 is 0 Å². The molecule has 0 radical (unpaired) electrons. The van der Waals surface area contributed by atoms with Crippen molar-refractivity contribution in [2.24, 2.45) is 0 Å². The second-order valence-electron chi connectivity index (χ2n) is 7.07. The third-order valence-electron chi connectivity index (χ3n) is 4.67. The Kier molecular flexibility index (Phi) is 5.69. The van der Waals surface area contributed by atoms with Crippen molar-refractivity contribution in [2.75, 3.05) is 5.32 Å². The molecule has 0 spiro atoms. The summed E-state index contributed by atoms with van der Waals surface area (Å²) in [5.41, 5.74) is 1.40. The summed E-state index contributed by atoms with van der Waals surface area (Å²) < 4.78 is 2.12. The fraction of sp³-hybridized carbons (Fsp3) is 0.400. The van der Waals surface area contributed by atoms with Crippen LogP contribution in [0.25, 0.3) is 0 Å². The Morgan fingerprint density at radius 3 is 2.85 bits per heavy atom. The predicted octanol–water partition coefficient (Wildman–Crippen LogP) is 2.20. The van der Waals surface area contributed by atoms with Gasteiger partial charge in [-0.15, -0.1) is 10.2 Å². The highest BCUT2D eigenvalue weighted by molar-refractivity contribution is 5.99. The molecule has 0 saturated carbocycles. The van der Waals surface area contributed by atoms with Crippen LogP contribution in [0.1, 0.15) is 43.4 Å². The van der Waals surface area contributed by atoms with Crippen molar-refractivity contribution in [1.29, 1.82) is 0 Å². The fourth-order valence-electron chi connectivity index (χ4n) is 3.32. The molecule has 1 aliphatic rings. The molecule has 3 rings (SSSR count). The third-order valence-corrected chi connectivity index (χ3v) is 4.67. The van der Waals surface area contributed by atoms with Crippen molar-refractivity contribution in [3.05, 3.63) is 54.1 Å². The lowest BCUT2D eigenvalue weighted by Crippen LogP contribution is -2.42. The zero-order valence-corrected chi connectivity index (χ0v) is 15.7. The van der Waals surface area contributed by atoms with Gasteiger partial charge in [0.25, 0.3) is 0 Å². The van der Waals surface area contributed by atoms with Crippen LogP contribution in [-0.2, 0) is 29.0 Å². The maximum Gasteiger partial charge on any atom is 0.247 e. The number of aromatic nitrogens is 3. The molecule has 2 N–H and O–H groups in total. The molecule has 1 unspecified atom stereocenters. The zero-order valence-electron chi connectivity index (χ0n) is 15.7. The molecule has 2 heterocycles. The van der Waals surface area contributed by atoms with E-state index in [9.17, 15) is 9.59 Å². The number of para-hydroxylation sites is 1. The largest absolute Gasteiger partial charge is 0.351 e. The van der Waals surface area contributed by atoms with Crippen molar-refractivity contribution in [2.45, 2.75) is 51.6 Å². The molecule has 1 aromatic heterocycles. The van der Waals surface area contributed by atoms with Crippen LogP contribution < -0.4 is 10.6 Å². The molecule has 7 heteroatoms. The molecule has 7 nitrogen and oxygen atoms in total. The number of aryl methyl sites for hydroxylation is 1. The van der Waals surface area contributed by atoms with E-state index < -0.39 is 0 Å². The van der Waals surface area contributed by atoms with Crippen LogP contribution in [0.3, 0.4) is 0 Å². The Labute approximate surface area is 158 Å². The van der Waals surface area contributed by atoms with Gasteiger partial charge in [0.05, 0.1) is 6.42 Å². The minimum atomic E-state index is -0.295. The Morgan fingerprint density at radius 2 is 2.11 bits per heavy atom. The number of hydrogen-bond acceptors (Lipinski definition) is 4. The normalized spacial score (nSPS) is 15.9. The van der Waals surface area contributed by atoms with Gasteiger partial charge in [-0.3, -0.25) is 9.59 Å². The van der Waals surface area contributed by atoms with E-state index in [1.54, 1.807) is 6.07 Å². The average molecular weight is 367 g/mol. The maximum atomic E-state index is 12.6. The number of benzene rings is 1. The van der Waals surface area contributed by atoms with Gasteiger partial charge in [0.1, 0.15) is 11.6 Å². The van der Waals surface area contributed by atoms with Crippen molar-refractivity contribution >= 4 is 17.5 Å². The number of nitrogens with one attached hydrogen (secondary N) is 2. The fourth-order valence-corrected chi connectivity index (χ4v) is 3.32. The van der Waals surface area contributed by atoms with Gasteiger partial charge in [-0.25, -0.2) is 0 Å². The smallest absolute Gasteiger partial charge is 0.247 e. The van der Waals surface area contributed by atoms with E-state index in [0.29, 0.717) is 18.2 Å². The summed E-state index contributed by atoms with van der Waals surface area (Å²) in [6, 6.07) is 7.35. The Hall–Kier alpha value is -2.96. The molecule has 2 aromatic rings. The minimum absolute atomic E-state index is 0.0495. The average Bonchev–Trinajstić information content (AvgIpc) is 3.06. The lowest BCUT2D eigenvalue weighted by atomic mass is 10.0. The second kappa shape index (κ2) is 8.16. The first-order valence-electron chi connectivity index (χ1n) is 9.20. The SMILES string of the molecule is C=CC(=O)Nc1ccccc1CC(=O)NC1CCc2nnc(C(C)C)n2C1. The van der Waals surface area contributed by atoms with Gasteiger partial charge < -0.3 is 15.2 Å². The van der Waals surface area contributed by atoms with Crippen molar-refractivity contribution in [3.8, 4) is 0 Å². The molecule has 1 aromatic carbocycles. The lowest BCUT2D eigenvalue weighted by Gasteiger charge is -2.26. The molecule has 0 bridgehead atoms. The van der Waals surface area contributed by atoms with Crippen LogP contribution in [0.4, 0.5) is 5.69 Å². The van der Waals surface area contributed by atoms with Gasteiger partial charge in [0.2, 0.25) is 11.8 Å². The zero-order chi connectivity index (χ0) is 19.4. The highest BCUT2D eigenvalue weighted by Gasteiger charge is 2.25. The topological polar surface area (TPSA) is 88.9 Å². The summed E-state index contributed by atoms with van der Waals surface area (Å²) in [4.78, 5) is 24.1. The van der Waals surface area contributed by atoms with Gasteiger partial charge in [-0.2, -0.15) is 0 Å². The van der Waals surface area contributed by atoms with Gasteiger partial charge in [-0.05, 0) is 24.1 Å². The molecule has 1 atom stereocenters. The van der Waals surface area contributed by atoms with E-state index in [1.807, 2.05) is 18.2 Å². The Balaban J connectivity index is 1.64. The van der Waals surface area contributed by atoms with E-state index in [2.05, 4.69) is 45.8 Å². The van der Waals surface area contributed by atoms with E-state index in [-0.39, 0.29) is 24.3 Å². The van der Waals surface area contributed by atoms with Crippen molar-refractivity contribution in [3.63, 3.8) is 0 Å². The summed E-state index contributed by atoms with van der Waals surface area (Å²) in [5.74, 6) is 1.88. The monoisotopic (exact) mass is 367 g/mol. The number of nitrogens with zero attached hydrogens (tertiary/aromatic N) is 3. The van der Waals surface area contributed by atoms with Gasteiger partial charge in [-0.1, -0.05) is 38.6 Å². The summed E-state index contributed by atoms with van der Waals surface area (Å²) in [6.07, 6.45) is 3.06. The maximum absolute atomic E-state index is 12.6. The van der Waals surface area contributed by atoms with Crippen LogP contribution in [0.2, 0.25) is 0 Å². The van der Waals surface area contributed by atoms with E-state index in [4.69, 9.17) is 0 Å². The van der Waals surface area contributed by atoms with E-state index in [1.165, 1.54) is 6.08 Å². The van der Waals surface area contributed by atoms with Gasteiger partial charge in [0, 0.05) is 30.6 Å². The molecule has 2 amide bonds. The van der Waals surface area contributed by atoms with E-state index >= 15 is 0 Å². The highest BCUT2D eigenvalue weighted by atomic mass is 16.2. The third kappa shape index (κ3) is 4.42. The summed E-state index contributed by atoms with van der Waals surface area (Å²) in [7, 11) is 0. The molecular weight excluding hydrogens is 342 g/mol. The van der Waals surface area contributed by atoms with E-state index in [0.717, 1.165) is 30.1 Å². The molecule has 1 aliphatic heterocycles. The van der Waals surface area contributed by atoms with Crippen molar-refractivity contribution in [1.82, 2.24) is 20.1 Å². The number of amides is 2. The summed E-state index contributed by atoms with van der Waals surface area (Å²) >= 11 is 0. The second-order valence-corrected chi connectivity index (χ2v) is 7.07. The number of rotatable bonds is 6. The number of fused-ring (bicyclic) bond motifs is 1. The standard InChI is InChI=1S/C20H25N5O2/c1-4-18(26)22-16-8-6-5-7-14(16)11-19(27)21-15-9-10-17-23-24-20(13(2)3)25(17)12-15/h4-8,13,15H,1,9-12H2,2-3H3,(H,21,27)(H,22,26). The highest BCUT2D eigenvalue weighted by Crippen LogP contribution is 2.21. The van der Waals surface area contributed by atoms with Crippen LogP contribution in [0.15, 0.2) is 36.9 Å². The number of carbonyl (C=O) groups is 2. The molecular formula is C20H25N5O2. The summed E-state index contributed by atoms with van der Waals surface area (Å²) in [5, 5.41) is 14.4. The molecule has 142 valence electrons. The van der Waals surface area contributed by atoms with Gasteiger partial charge >= 0.3 is 0 Å². The molecule has 0 saturated heterocycles. The quantitative estimate of drug-likeness (QED) is 0.766. The minimum Gasteiger partial charge on any atom is -0.351 e. The van der Waals surface area contributed by atoms with Crippen LogP contribution in [-0.4, -0.2) is 32.6 Å². The first kappa shape index (κ1) is 18.8. The molecule has 0 aliphatic carbocycles. The lowest BCUT2D eigenvalue weighted by molar-refractivity contribution is -0.121. The summed E-state index contributed by atoms with van der Waals surface area (Å²) in [6.45, 7) is 8.33. The first-order valence-corrected chi connectivity index (χ1v) is 9.20. The Bertz CT molecular complexity index is 856. The Morgan fingerprint density at radius 1 is 1.33 bits per heavy atom. The van der Waals surface area contributed by atoms with Crippen LogP contribution in [0, 0.1) is 0 Å². The van der Waals surface area contributed by atoms with Crippen LogP contribution in [0.5, 0.6) is 0 Å².